The molecule has 0 N–H and O–H groups in total. The van der Waals surface area contributed by atoms with Gasteiger partial charge in [0.2, 0.25) is 0 Å². The highest BCUT2D eigenvalue weighted by Gasteiger charge is 2.36. The van der Waals surface area contributed by atoms with Gasteiger partial charge in [0.05, 0.1) is 11.6 Å². The van der Waals surface area contributed by atoms with Crippen molar-refractivity contribution in [3.8, 4) is 0 Å². The molecule has 2 unspecified atom stereocenters. The molecule has 0 saturated carbocycles. The molecule has 0 spiro atoms. The van der Waals surface area contributed by atoms with Crippen molar-refractivity contribution in [2.45, 2.75) is 64.6 Å². The molecule has 0 amide bonds. The van der Waals surface area contributed by atoms with E-state index < -0.39 is 23.4 Å². The molecule has 0 radical (unpaired) electrons. The van der Waals surface area contributed by atoms with Crippen molar-refractivity contribution >= 4 is 17.6 Å². The maximum atomic E-state index is 13.4. The van der Waals surface area contributed by atoms with Gasteiger partial charge in [-0.25, -0.2) is 18.7 Å². The Kier molecular flexibility index (Phi) is 5.16. The molecule has 1 aromatic heterocycles. The maximum absolute atomic E-state index is 13.4. The molecule has 0 bridgehead atoms. The lowest BCUT2D eigenvalue weighted by Crippen LogP contribution is -2.38. The van der Waals surface area contributed by atoms with E-state index in [0.29, 0.717) is 17.8 Å². The minimum absolute atomic E-state index is 0.00970. The first-order valence-corrected chi connectivity index (χ1v) is 9.30. The second kappa shape index (κ2) is 7.11. The van der Waals surface area contributed by atoms with Gasteiger partial charge < -0.3 is 4.74 Å². The van der Waals surface area contributed by atoms with Crippen LogP contribution in [-0.2, 0) is 16.1 Å². The first-order valence-electron chi connectivity index (χ1n) is 8.93. The minimum atomic E-state index is -0.687. The van der Waals surface area contributed by atoms with Gasteiger partial charge in [-0.15, -0.1) is 0 Å². The normalized spacial score (nSPS) is 19.6. The van der Waals surface area contributed by atoms with Crippen LogP contribution in [0.5, 0.6) is 0 Å². The van der Waals surface area contributed by atoms with Gasteiger partial charge in [-0.2, -0.15) is 5.10 Å². The van der Waals surface area contributed by atoms with Crippen LogP contribution in [0.1, 0.15) is 63.9 Å². The molecule has 8 heteroatoms. The van der Waals surface area contributed by atoms with Crippen molar-refractivity contribution in [2.24, 2.45) is 0 Å². The third-order valence-electron chi connectivity index (χ3n) is 4.52. The van der Waals surface area contributed by atoms with E-state index in [0.717, 1.165) is 6.42 Å². The zero-order chi connectivity index (χ0) is 19.9. The number of ether oxygens (including phenoxy) is 1. The van der Waals surface area contributed by atoms with Crippen LogP contribution >= 0.6 is 11.6 Å². The number of rotatable bonds is 3. The minimum Gasteiger partial charge on any atom is -0.458 e. The Hall–Kier alpha value is -2.15. The Labute approximate surface area is 161 Å². The van der Waals surface area contributed by atoms with Gasteiger partial charge in [-0.05, 0) is 51.3 Å². The predicted octanol–water partition coefficient (Wildman–Crippen LogP) is 3.67. The highest BCUT2D eigenvalue weighted by atomic mass is 35.5. The largest absolute Gasteiger partial charge is 0.458 e. The number of hydrogen-bond donors (Lipinski definition) is 0. The van der Waals surface area contributed by atoms with E-state index in [1.807, 2.05) is 6.92 Å². The Bertz CT molecular complexity index is 929. The van der Waals surface area contributed by atoms with E-state index >= 15 is 0 Å². The molecule has 27 heavy (non-hydrogen) atoms. The summed E-state index contributed by atoms with van der Waals surface area (Å²) in [6.45, 7) is 7.50. The van der Waals surface area contributed by atoms with Crippen molar-refractivity contribution in [1.29, 1.82) is 0 Å². The van der Waals surface area contributed by atoms with Gasteiger partial charge >= 0.3 is 11.7 Å². The Balaban J connectivity index is 1.96. The van der Waals surface area contributed by atoms with E-state index in [1.54, 1.807) is 26.8 Å². The second-order valence-corrected chi connectivity index (χ2v) is 8.35. The van der Waals surface area contributed by atoms with Gasteiger partial charge in [0.25, 0.3) is 0 Å². The van der Waals surface area contributed by atoms with Crippen molar-refractivity contribution in [3.63, 3.8) is 0 Å². The zero-order valence-corrected chi connectivity index (χ0v) is 16.6. The molecule has 1 aliphatic heterocycles. The molecular weight excluding hydrogens is 373 g/mol. The molecule has 3 rings (SSSR count). The molecule has 0 fully saturated rings. The maximum Gasteiger partial charge on any atom is 0.347 e. The molecular formula is C19H23ClFN3O3. The summed E-state index contributed by atoms with van der Waals surface area (Å²) in [6.07, 6.45) is 1.26. The molecule has 6 nitrogen and oxygen atoms in total. The van der Waals surface area contributed by atoms with E-state index in [2.05, 4.69) is 5.10 Å². The molecule has 2 heterocycles. The molecule has 1 aromatic carbocycles. The summed E-state index contributed by atoms with van der Waals surface area (Å²) in [7, 11) is 0. The van der Waals surface area contributed by atoms with Gasteiger partial charge in [0.1, 0.15) is 23.3 Å². The van der Waals surface area contributed by atoms with E-state index in [1.165, 1.54) is 21.4 Å². The molecule has 1 aliphatic rings. The van der Waals surface area contributed by atoms with E-state index in [-0.39, 0.29) is 23.2 Å². The van der Waals surface area contributed by atoms with Gasteiger partial charge in [0, 0.05) is 5.92 Å². The number of hydrogen-bond acceptors (Lipinski definition) is 4. The van der Waals surface area contributed by atoms with Crippen molar-refractivity contribution in [1.82, 2.24) is 14.3 Å². The Morgan fingerprint density at radius 1 is 1.37 bits per heavy atom. The fourth-order valence-electron chi connectivity index (χ4n) is 3.24. The number of carbonyl (C=O) groups is 1. The number of fused-ring (bicyclic) bond motifs is 1. The Morgan fingerprint density at radius 3 is 2.70 bits per heavy atom. The number of benzene rings is 1. The van der Waals surface area contributed by atoms with Gasteiger partial charge in [0.15, 0.2) is 0 Å². The zero-order valence-electron chi connectivity index (χ0n) is 15.8. The summed E-state index contributed by atoms with van der Waals surface area (Å²) < 4.78 is 21.6. The molecule has 2 aromatic rings. The lowest BCUT2D eigenvalue weighted by molar-refractivity contribution is -0.159. The van der Waals surface area contributed by atoms with Crippen LogP contribution in [0, 0.1) is 5.82 Å². The SMILES string of the molecule is CC1CCC(C(=O)OC(C)(C)C)n2c1nn(Cc1ccc(F)c(Cl)c1)c2=O. The van der Waals surface area contributed by atoms with E-state index in [4.69, 9.17) is 16.3 Å². The number of aromatic nitrogens is 3. The number of carbonyl (C=O) groups excluding carboxylic acids is 1. The fourth-order valence-corrected chi connectivity index (χ4v) is 3.44. The molecule has 0 aliphatic carbocycles. The summed E-state index contributed by atoms with van der Waals surface area (Å²) in [5.41, 5.74) is -0.363. The summed E-state index contributed by atoms with van der Waals surface area (Å²) in [4.78, 5) is 25.6. The van der Waals surface area contributed by atoms with Crippen LogP contribution < -0.4 is 5.69 Å². The van der Waals surface area contributed by atoms with Crippen LogP contribution in [0.15, 0.2) is 23.0 Å². The van der Waals surface area contributed by atoms with Crippen LogP contribution in [0.2, 0.25) is 5.02 Å². The Morgan fingerprint density at radius 2 is 2.07 bits per heavy atom. The molecule has 146 valence electrons. The van der Waals surface area contributed by atoms with Crippen LogP contribution in [-0.4, -0.2) is 25.9 Å². The summed E-state index contributed by atoms with van der Waals surface area (Å²) >= 11 is 5.82. The smallest absolute Gasteiger partial charge is 0.347 e. The number of nitrogens with zero attached hydrogens (tertiary/aromatic N) is 3. The second-order valence-electron chi connectivity index (χ2n) is 7.94. The fraction of sp³-hybridized carbons (Fsp3) is 0.526. The third-order valence-corrected chi connectivity index (χ3v) is 4.81. The van der Waals surface area contributed by atoms with Crippen LogP contribution in [0.25, 0.3) is 0 Å². The van der Waals surface area contributed by atoms with Crippen molar-refractivity contribution < 1.29 is 13.9 Å². The van der Waals surface area contributed by atoms with Gasteiger partial charge in [-0.3, -0.25) is 4.57 Å². The number of halogens is 2. The predicted molar refractivity (Wildman–Crippen MR) is 99.5 cm³/mol. The van der Waals surface area contributed by atoms with Crippen molar-refractivity contribution in [2.75, 3.05) is 0 Å². The summed E-state index contributed by atoms with van der Waals surface area (Å²) in [6, 6.07) is 3.59. The summed E-state index contributed by atoms with van der Waals surface area (Å²) in [5.74, 6) is -0.331. The van der Waals surface area contributed by atoms with Crippen molar-refractivity contribution in [3.05, 3.63) is 50.9 Å². The highest BCUT2D eigenvalue weighted by molar-refractivity contribution is 6.30. The first-order chi connectivity index (χ1) is 12.6. The molecule has 0 saturated heterocycles. The average molecular weight is 396 g/mol. The number of esters is 1. The summed E-state index contributed by atoms with van der Waals surface area (Å²) in [5, 5.41) is 4.42. The highest BCUT2D eigenvalue weighted by Crippen LogP contribution is 2.32. The first kappa shape index (κ1) is 19.6. The van der Waals surface area contributed by atoms with Crippen LogP contribution in [0.3, 0.4) is 0 Å². The third kappa shape index (κ3) is 4.08. The standard InChI is InChI=1S/C19H23ClFN3O3/c1-11-5-8-15(17(25)27-19(2,3)4)24-16(11)22-23(18(24)26)10-12-6-7-14(21)13(20)9-12/h6-7,9,11,15H,5,8,10H2,1-4H3. The lowest BCUT2D eigenvalue weighted by Gasteiger charge is -2.28. The quantitative estimate of drug-likeness (QED) is 0.744. The lowest BCUT2D eigenvalue weighted by atomic mass is 9.96. The average Bonchev–Trinajstić information content (AvgIpc) is 2.88. The van der Waals surface area contributed by atoms with Gasteiger partial charge in [-0.1, -0.05) is 24.6 Å². The molecule has 2 atom stereocenters. The van der Waals surface area contributed by atoms with E-state index in [9.17, 15) is 14.0 Å². The monoisotopic (exact) mass is 395 g/mol. The van der Waals surface area contributed by atoms with Crippen LogP contribution in [0.4, 0.5) is 4.39 Å². The topological polar surface area (TPSA) is 66.1 Å².